The van der Waals surface area contributed by atoms with E-state index in [0.29, 0.717) is 0 Å². The topological polar surface area (TPSA) is 24.9 Å². The second-order valence-electron chi connectivity index (χ2n) is 5.83. The van der Waals surface area contributed by atoms with Crippen molar-refractivity contribution in [3.8, 4) is 0 Å². The molecule has 0 radical (unpaired) electrons. The Labute approximate surface area is 142 Å². The number of ether oxygens (including phenoxy) is 1. The smallest absolute Gasteiger partial charge is 0.145 e. The standard InChI is InChI=1S/C20H20ClNO/c1-4-22-19-10-13(2)17(9-14(19)3)18(20-12-23-20)11-15-5-7-16(21)8-6-15/h4-10H,11-12H2,1-3H3/b20-18-,22-4+. The first-order valence-electron chi connectivity index (χ1n) is 7.78. The molecule has 1 fully saturated rings. The molecule has 0 atom stereocenters. The maximum atomic E-state index is 5.98. The Bertz CT molecular complexity index is 782. The molecule has 3 rings (SSSR count). The molecule has 3 heteroatoms. The SMILES string of the molecule is C/C=N/c1cc(C)c(/C(Cc2ccc(Cl)cc2)=C2/CO2)cc1C. The monoisotopic (exact) mass is 325 g/mol. The molecule has 0 aromatic heterocycles. The summed E-state index contributed by atoms with van der Waals surface area (Å²) in [7, 11) is 0. The van der Waals surface area contributed by atoms with Gasteiger partial charge in [-0.05, 0) is 67.3 Å². The van der Waals surface area contributed by atoms with Gasteiger partial charge in [-0.2, -0.15) is 0 Å². The van der Waals surface area contributed by atoms with Crippen LogP contribution in [0, 0.1) is 13.8 Å². The first-order valence-corrected chi connectivity index (χ1v) is 8.16. The fourth-order valence-electron chi connectivity index (χ4n) is 2.76. The lowest BCUT2D eigenvalue weighted by molar-refractivity contribution is 0.510. The number of rotatable bonds is 4. The largest absolute Gasteiger partial charge is 0.486 e. The Hall–Kier alpha value is -2.06. The Morgan fingerprint density at radius 3 is 2.48 bits per heavy atom. The van der Waals surface area contributed by atoms with Gasteiger partial charge >= 0.3 is 0 Å². The molecule has 0 N–H and O–H groups in total. The highest BCUT2D eigenvalue weighted by Crippen LogP contribution is 2.35. The van der Waals surface area contributed by atoms with E-state index in [-0.39, 0.29) is 0 Å². The van der Waals surface area contributed by atoms with Crippen LogP contribution in [-0.4, -0.2) is 12.8 Å². The molecule has 0 amide bonds. The van der Waals surface area contributed by atoms with E-state index in [2.05, 4.69) is 43.1 Å². The van der Waals surface area contributed by atoms with Crippen LogP contribution in [0.2, 0.25) is 5.02 Å². The maximum absolute atomic E-state index is 5.98. The average Bonchev–Trinajstić information content (AvgIpc) is 3.35. The number of benzene rings is 2. The van der Waals surface area contributed by atoms with Crippen LogP contribution >= 0.6 is 11.6 Å². The normalized spacial score (nSPS) is 15.7. The molecule has 0 saturated carbocycles. The van der Waals surface area contributed by atoms with Crippen LogP contribution in [0.5, 0.6) is 0 Å². The van der Waals surface area contributed by atoms with Crippen molar-refractivity contribution in [2.24, 2.45) is 4.99 Å². The number of hydrogen-bond acceptors (Lipinski definition) is 2. The summed E-state index contributed by atoms with van der Waals surface area (Å²) in [5, 5.41) is 0.763. The average molecular weight is 326 g/mol. The van der Waals surface area contributed by atoms with Gasteiger partial charge in [0.05, 0.1) is 5.69 Å². The Balaban J connectivity index is 1.98. The zero-order chi connectivity index (χ0) is 16.4. The van der Waals surface area contributed by atoms with Crippen molar-refractivity contribution in [3.63, 3.8) is 0 Å². The van der Waals surface area contributed by atoms with E-state index >= 15 is 0 Å². The molecule has 1 heterocycles. The summed E-state index contributed by atoms with van der Waals surface area (Å²) >= 11 is 5.98. The van der Waals surface area contributed by atoms with E-state index in [1.54, 1.807) is 0 Å². The molecule has 0 aliphatic carbocycles. The summed E-state index contributed by atoms with van der Waals surface area (Å²) in [4.78, 5) is 4.43. The molecule has 1 aliphatic heterocycles. The molecule has 0 bridgehead atoms. The highest BCUT2D eigenvalue weighted by Gasteiger charge is 2.23. The van der Waals surface area contributed by atoms with Gasteiger partial charge < -0.3 is 4.74 Å². The minimum absolute atomic E-state index is 0.732. The van der Waals surface area contributed by atoms with Crippen molar-refractivity contribution in [3.05, 3.63) is 69.4 Å². The molecule has 2 aromatic rings. The molecule has 118 valence electrons. The number of aliphatic imine (C=N–C) groups is 1. The van der Waals surface area contributed by atoms with Crippen molar-refractivity contribution in [2.45, 2.75) is 27.2 Å². The molecule has 1 saturated heterocycles. The van der Waals surface area contributed by atoms with Crippen LogP contribution in [0.3, 0.4) is 0 Å². The molecule has 0 spiro atoms. The van der Waals surface area contributed by atoms with Gasteiger partial charge in [-0.15, -0.1) is 0 Å². The summed E-state index contributed by atoms with van der Waals surface area (Å²) in [6, 6.07) is 12.4. The van der Waals surface area contributed by atoms with Crippen LogP contribution in [0.4, 0.5) is 5.69 Å². The third-order valence-electron chi connectivity index (χ3n) is 4.06. The lowest BCUT2D eigenvalue weighted by atomic mass is 9.92. The number of nitrogens with zero attached hydrogens (tertiary/aromatic N) is 1. The third-order valence-corrected chi connectivity index (χ3v) is 4.31. The second kappa shape index (κ2) is 6.59. The van der Waals surface area contributed by atoms with Gasteiger partial charge in [0.15, 0.2) is 0 Å². The minimum atomic E-state index is 0.732. The number of aryl methyl sites for hydroxylation is 2. The van der Waals surface area contributed by atoms with Gasteiger partial charge in [-0.1, -0.05) is 23.7 Å². The molecule has 2 nitrogen and oxygen atoms in total. The Morgan fingerprint density at radius 1 is 1.17 bits per heavy atom. The van der Waals surface area contributed by atoms with Gasteiger partial charge in [-0.3, -0.25) is 4.99 Å². The number of hydrogen-bond donors (Lipinski definition) is 0. The van der Waals surface area contributed by atoms with E-state index in [9.17, 15) is 0 Å². The highest BCUT2D eigenvalue weighted by atomic mass is 35.5. The van der Waals surface area contributed by atoms with Gasteiger partial charge in [0.25, 0.3) is 0 Å². The number of halogens is 1. The fourth-order valence-corrected chi connectivity index (χ4v) is 2.89. The van der Waals surface area contributed by atoms with Gasteiger partial charge in [-0.25, -0.2) is 0 Å². The van der Waals surface area contributed by atoms with Gasteiger partial charge in [0.2, 0.25) is 0 Å². The summed E-state index contributed by atoms with van der Waals surface area (Å²) in [6.07, 6.45) is 2.68. The molecule has 0 unspecified atom stereocenters. The lowest BCUT2D eigenvalue weighted by Gasteiger charge is -2.13. The van der Waals surface area contributed by atoms with E-state index in [1.165, 1.54) is 27.8 Å². The summed E-state index contributed by atoms with van der Waals surface area (Å²) in [5.74, 6) is 1.09. The third kappa shape index (κ3) is 3.65. The first-order chi connectivity index (χ1) is 11.1. The zero-order valence-corrected chi connectivity index (χ0v) is 14.4. The number of epoxide rings is 1. The number of allylic oxidation sites excluding steroid dienone is 1. The van der Waals surface area contributed by atoms with Gasteiger partial charge in [0.1, 0.15) is 12.4 Å². The minimum Gasteiger partial charge on any atom is -0.486 e. The highest BCUT2D eigenvalue weighted by molar-refractivity contribution is 6.30. The van der Waals surface area contributed by atoms with E-state index in [1.807, 2.05) is 25.3 Å². The van der Waals surface area contributed by atoms with Gasteiger partial charge in [0, 0.05) is 23.2 Å². The summed E-state index contributed by atoms with van der Waals surface area (Å²) in [5.41, 5.74) is 7.18. The Morgan fingerprint density at radius 2 is 1.87 bits per heavy atom. The van der Waals surface area contributed by atoms with Crippen molar-refractivity contribution >= 4 is 29.1 Å². The van der Waals surface area contributed by atoms with Crippen LogP contribution in [-0.2, 0) is 11.2 Å². The molecule has 1 aliphatic rings. The van der Waals surface area contributed by atoms with Crippen molar-refractivity contribution < 1.29 is 4.74 Å². The zero-order valence-electron chi connectivity index (χ0n) is 13.7. The van der Waals surface area contributed by atoms with Crippen molar-refractivity contribution in [1.29, 1.82) is 0 Å². The summed E-state index contributed by atoms with van der Waals surface area (Å²) < 4.78 is 5.52. The van der Waals surface area contributed by atoms with Crippen LogP contribution in [0.1, 0.15) is 29.2 Å². The van der Waals surface area contributed by atoms with E-state index in [0.717, 1.165) is 29.5 Å². The summed E-state index contributed by atoms with van der Waals surface area (Å²) in [6.45, 7) is 6.91. The molecule has 23 heavy (non-hydrogen) atoms. The second-order valence-corrected chi connectivity index (χ2v) is 6.27. The maximum Gasteiger partial charge on any atom is 0.145 e. The predicted molar refractivity (Wildman–Crippen MR) is 97.8 cm³/mol. The fraction of sp³-hybridized carbons (Fsp3) is 0.250. The van der Waals surface area contributed by atoms with E-state index in [4.69, 9.17) is 16.3 Å². The van der Waals surface area contributed by atoms with E-state index < -0.39 is 0 Å². The first kappa shape index (κ1) is 15.8. The quantitative estimate of drug-likeness (QED) is 0.525. The van der Waals surface area contributed by atoms with Crippen molar-refractivity contribution in [2.75, 3.05) is 6.61 Å². The van der Waals surface area contributed by atoms with Crippen LogP contribution in [0.15, 0.2) is 47.1 Å². The van der Waals surface area contributed by atoms with Crippen molar-refractivity contribution in [1.82, 2.24) is 0 Å². The molecular formula is C20H20ClNO. The lowest BCUT2D eigenvalue weighted by Crippen LogP contribution is -1.96. The molecular weight excluding hydrogens is 306 g/mol. The van der Waals surface area contributed by atoms with Crippen LogP contribution in [0.25, 0.3) is 5.57 Å². The predicted octanol–water partition coefficient (Wildman–Crippen LogP) is 5.66. The van der Waals surface area contributed by atoms with Crippen LogP contribution < -0.4 is 0 Å². The molecule has 2 aromatic carbocycles. The Kier molecular flexibility index (Phi) is 4.53.